The first kappa shape index (κ1) is 21.3. The van der Waals surface area contributed by atoms with Gasteiger partial charge in [-0.3, -0.25) is 9.59 Å². The molecule has 154 valence electrons. The number of hydrogen-bond donors (Lipinski definition) is 1. The largest absolute Gasteiger partial charge is 0.492 e. The number of carbonyl (C=O) groups is 2. The van der Waals surface area contributed by atoms with Crippen LogP contribution in [0, 0.1) is 0 Å². The van der Waals surface area contributed by atoms with Crippen molar-refractivity contribution in [1.29, 1.82) is 0 Å². The quantitative estimate of drug-likeness (QED) is 0.623. The molecule has 6 nitrogen and oxygen atoms in total. The molecule has 0 saturated carbocycles. The molecule has 1 saturated heterocycles. The Labute approximate surface area is 179 Å². The van der Waals surface area contributed by atoms with Gasteiger partial charge in [0.1, 0.15) is 5.75 Å². The van der Waals surface area contributed by atoms with Crippen LogP contribution in [0.2, 0.25) is 0 Å². The summed E-state index contributed by atoms with van der Waals surface area (Å²) in [4.78, 5) is 27.0. The Hall–Kier alpha value is -2.38. The number of unbranched alkanes of at least 4 members (excludes halogenated alkanes) is 1. The van der Waals surface area contributed by atoms with Crippen LogP contribution in [0.15, 0.2) is 46.9 Å². The number of anilines is 1. The van der Waals surface area contributed by atoms with Crippen molar-refractivity contribution >= 4 is 33.4 Å². The van der Waals surface area contributed by atoms with Gasteiger partial charge in [-0.05, 0) is 58.7 Å². The van der Waals surface area contributed by atoms with Crippen molar-refractivity contribution in [2.75, 3.05) is 38.2 Å². The fourth-order valence-corrected chi connectivity index (χ4v) is 3.46. The van der Waals surface area contributed by atoms with Gasteiger partial charge in [-0.15, -0.1) is 0 Å². The maximum absolute atomic E-state index is 12.6. The highest BCUT2D eigenvalue weighted by molar-refractivity contribution is 9.10. The van der Waals surface area contributed by atoms with E-state index in [2.05, 4.69) is 28.2 Å². The second-order valence-corrected chi connectivity index (χ2v) is 7.64. The molecule has 1 fully saturated rings. The summed E-state index contributed by atoms with van der Waals surface area (Å²) < 4.78 is 11.7. The zero-order chi connectivity index (χ0) is 20.6. The van der Waals surface area contributed by atoms with Gasteiger partial charge in [-0.25, -0.2) is 0 Å². The maximum atomic E-state index is 12.6. The molecule has 0 aliphatic carbocycles. The van der Waals surface area contributed by atoms with Crippen LogP contribution in [-0.4, -0.2) is 49.6 Å². The Morgan fingerprint density at radius 2 is 1.93 bits per heavy atom. The maximum Gasteiger partial charge on any atom is 0.255 e. The van der Waals surface area contributed by atoms with E-state index in [1.165, 1.54) is 0 Å². The molecule has 2 amide bonds. The van der Waals surface area contributed by atoms with Crippen LogP contribution in [0.1, 0.15) is 40.5 Å². The van der Waals surface area contributed by atoms with Crippen molar-refractivity contribution in [2.24, 2.45) is 0 Å². The molecule has 2 aromatic carbocycles. The molecule has 0 aromatic heterocycles. The Morgan fingerprint density at radius 3 is 2.66 bits per heavy atom. The fourth-order valence-electron chi connectivity index (χ4n) is 2.97. The van der Waals surface area contributed by atoms with Gasteiger partial charge in [0.25, 0.3) is 11.8 Å². The number of nitrogens with one attached hydrogen (secondary N) is 1. The van der Waals surface area contributed by atoms with Gasteiger partial charge >= 0.3 is 0 Å². The van der Waals surface area contributed by atoms with Crippen LogP contribution < -0.4 is 10.1 Å². The summed E-state index contributed by atoms with van der Waals surface area (Å²) in [5.74, 6) is 0.413. The predicted molar refractivity (Wildman–Crippen MR) is 116 cm³/mol. The lowest BCUT2D eigenvalue weighted by molar-refractivity contribution is 0.0303. The smallest absolute Gasteiger partial charge is 0.255 e. The summed E-state index contributed by atoms with van der Waals surface area (Å²) in [6, 6.07) is 12.2. The Kier molecular flexibility index (Phi) is 7.66. The van der Waals surface area contributed by atoms with Crippen molar-refractivity contribution in [2.45, 2.75) is 19.8 Å². The zero-order valence-electron chi connectivity index (χ0n) is 16.4. The minimum absolute atomic E-state index is 0.0549. The fraction of sp³-hybridized carbons (Fsp3) is 0.364. The average molecular weight is 461 g/mol. The summed E-state index contributed by atoms with van der Waals surface area (Å²) >= 11 is 3.46. The van der Waals surface area contributed by atoms with E-state index in [-0.39, 0.29) is 11.8 Å². The van der Waals surface area contributed by atoms with Gasteiger partial charge in [0.15, 0.2) is 0 Å². The summed E-state index contributed by atoms with van der Waals surface area (Å²) in [7, 11) is 0. The van der Waals surface area contributed by atoms with Crippen LogP contribution in [0.3, 0.4) is 0 Å². The first-order valence-corrected chi connectivity index (χ1v) is 10.6. The molecule has 1 aliphatic heterocycles. The van der Waals surface area contributed by atoms with E-state index in [1.54, 1.807) is 47.4 Å². The lowest BCUT2D eigenvalue weighted by Crippen LogP contribution is -2.40. The minimum Gasteiger partial charge on any atom is -0.492 e. The zero-order valence-corrected chi connectivity index (χ0v) is 18.0. The van der Waals surface area contributed by atoms with Gasteiger partial charge < -0.3 is 19.7 Å². The van der Waals surface area contributed by atoms with Crippen LogP contribution in [0.4, 0.5) is 5.69 Å². The molecule has 0 radical (unpaired) electrons. The van der Waals surface area contributed by atoms with E-state index in [0.29, 0.717) is 55.5 Å². The van der Waals surface area contributed by atoms with E-state index in [9.17, 15) is 9.59 Å². The van der Waals surface area contributed by atoms with Gasteiger partial charge in [0.2, 0.25) is 0 Å². The molecule has 29 heavy (non-hydrogen) atoms. The number of amides is 2. The van der Waals surface area contributed by atoms with E-state index >= 15 is 0 Å². The molecule has 2 aromatic rings. The lowest BCUT2D eigenvalue weighted by Gasteiger charge is -2.27. The molecule has 0 unspecified atom stereocenters. The number of hydrogen-bond acceptors (Lipinski definition) is 4. The highest BCUT2D eigenvalue weighted by Crippen LogP contribution is 2.27. The number of morpholine rings is 1. The van der Waals surface area contributed by atoms with E-state index in [1.807, 2.05) is 0 Å². The third kappa shape index (κ3) is 5.81. The third-order valence-corrected chi connectivity index (χ3v) is 5.23. The van der Waals surface area contributed by atoms with E-state index < -0.39 is 0 Å². The summed E-state index contributed by atoms with van der Waals surface area (Å²) in [6.45, 7) is 5.01. The molecule has 7 heteroatoms. The monoisotopic (exact) mass is 460 g/mol. The molecule has 0 spiro atoms. The Morgan fingerprint density at radius 1 is 1.14 bits per heavy atom. The normalized spacial score (nSPS) is 13.8. The standard InChI is InChI=1S/C22H25BrN2O4/c1-2-3-11-29-20-8-7-16(15-19(20)23)21(26)24-18-6-4-5-17(14-18)22(27)25-9-12-28-13-10-25/h4-8,14-15H,2-3,9-13H2,1H3,(H,24,26). The second-order valence-electron chi connectivity index (χ2n) is 6.79. The van der Waals surface area contributed by atoms with Gasteiger partial charge in [0, 0.05) is 29.9 Å². The number of benzene rings is 2. The summed E-state index contributed by atoms with van der Waals surface area (Å²) in [5, 5.41) is 2.86. The number of halogens is 1. The van der Waals surface area contributed by atoms with Crippen molar-refractivity contribution < 1.29 is 19.1 Å². The topological polar surface area (TPSA) is 67.9 Å². The molecular formula is C22H25BrN2O4. The van der Waals surface area contributed by atoms with Crippen molar-refractivity contribution in [3.8, 4) is 5.75 Å². The van der Waals surface area contributed by atoms with Crippen LogP contribution >= 0.6 is 15.9 Å². The molecule has 1 aliphatic rings. The molecule has 1 N–H and O–H groups in total. The van der Waals surface area contributed by atoms with Crippen molar-refractivity contribution in [1.82, 2.24) is 4.90 Å². The van der Waals surface area contributed by atoms with Crippen LogP contribution in [0.5, 0.6) is 5.75 Å². The Bertz CT molecular complexity index is 866. The number of ether oxygens (including phenoxy) is 2. The number of nitrogens with zero attached hydrogens (tertiary/aromatic N) is 1. The first-order valence-electron chi connectivity index (χ1n) is 9.79. The van der Waals surface area contributed by atoms with Gasteiger partial charge in [0.05, 0.1) is 24.3 Å². The third-order valence-electron chi connectivity index (χ3n) is 4.62. The predicted octanol–water partition coefficient (Wildman–Crippen LogP) is 4.35. The highest BCUT2D eigenvalue weighted by Gasteiger charge is 2.19. The molecule has 0 atom stereocenters. The van der Waals surface area contributed by atoms with E-state index in [0.717, 1.165) is 17.3 Å². The SMILES string of the molecule is CCCCOc1ccc(C(=O)Nc2cccc(C(=O)N3CCOCC3)c2)cc1Br. The second kappa shape index (κ2) is 10.4. The molecule has 1 heterocycles. The summed E-state index contributed by atoms with van der Waals surface area (Å²) in [5.41, 5.74) is 1.63. The van der Waals surface area contributed by atoms with Crippen molar-refractivity contribution in [3.63, 3.8) is 0 Å². The minimum atomic E-state index is -0.248. The summed E-state index contributed by atoms with van der Waals surface area (Å²) in [6.07, 6.45) is 2.04. The first-order chi connectivity index (χ1) is 14.1. The van der Waals surface area contributed by atoms with Crippen LogP contribution in [0.25, 0.3) is 0 Å². The van der Waals surface area contributed by atoms with Gasteiger partial charge in [-0.2, -0.15) is 0 Å². The van der Waals surface area contributed by atoms with E-state index in [4.69, 9.17) is 9.47 Å². The van der Waals surface area contributed by atoms with Crippen LogP contribution in [-0.2, 0) is 4.74 Å². The lowest BCUT2D eigenvalue weighted by atomic mass is 10.1. The van der Waals surface area contributed by atoms with Crippen molar-refractivity contribution in [3.05, 3.63) is 58.1 Å². The highest BCUT2D eigenvalue weighted by atomic mass is 79.9. The average Bonchev–Trinajstić information content (AvgIpc) is 2.75. The molecular weight excluding hydrogens is 436 g/mol. The molecule has 0 bridgehead atoms. The molecule has 3 rings (SSSR count). The Balaban J connectivity index is 1.66. The number of rotatable bonds is 7. The van der Waals surface area contributed by atoms with Gasteiger partial charge in [-0.1, -0.05) is 19.4 Å². The number of carbonyl (C=O) groups excluding carboxylic acids is 2.